The SMILES string of the molecule is O=C(Nc1ccc2c3c(cccc13)CC2)C1CCCN(C2=NS(=O)(=O)c3ccccc32)C1. The average molecular weight is 446 g/mol. The lowest BCUT2D eigenvalue weighted by Gasteiger charge is -2.33. The fraction of sp³-hybridized carbons (Fsp3) is 0.280. The van der Waals surface area contributed by atoms with Crippen LogP contribution in [-0.4, -0.2) is 38.2 Å². The number of sulfonamides is 1. The lowest BCUT2D eigenvalue weighted by atomic mass is 9.95. The van der Waals surface area contributed by atoms with Gasteiger partial charge in [-0.3, -0.25) is 4.79 Å². The van der Waals surface area contributed by atoms with E-state index in [2.05, 4.69) is 34.0 Å². The minimum absolute atomic E-state index is 0.0249. The molecular formula is C25H23N3O3S. The summed E-state index contributed by atoms with van der Waals surface area (Å²) in [4.78, 5) is 15.4. The molecule has 3 aromatic rings. The molecule has 0 radical (unpaired) electrons. The summed E-state index contributed by atoms with van der Waals surface area (Å²) in [6.45, 7) is 1.14. The maximum atomic E-state index is 13.2. The third-order valence-electron chi connectivity index (χ3n) is 6.84. The topological polar surface area (TPSA) is 78.8 Å². The smallest absolute Gasteiger partial charge is 0.285 e. The first kappa shape index (κ1) is 19.5. The number of likely N-dealkylation sites (tertiary alicyclic amines) is 1. The number of fused-ring (bicyclic) bond motifs is 1. The van der Waals surface area contributed by atoms with Crippen molar-refractivity contribution in [2.45, 2.75) is 30.6 Å². The molecule has 2 heterocycles. The van der Waals surface area contributed by atoms with Crippen molar-refractivity contribution in [1.82, 2.24) is 4.90 Å². The molecule has 1 unspecified atom stereocenters. The van der Waals surface area contributed by atoms with Crippen LogP contribution in [0.5, 0.6) is 0 Å². The van der Waals surface area contributed by atoms with Gasteiger partial charge in [0.15, 0.2) is 5.84 Å². The number of benzene rings is 3. The molecule has 1 aliphatic carbocycles. The monoisotopic (exact) mass is 445 g/mol. The van der Waals surface area contributed by atoms with Gasteiger partial charge in [0.2, 0.25) is 5.91 Å². The average Bonchev–Trinajstić information content (AvgIpc) is 3.35. The van der Waals surface area contributed by atoms with Gasteiger partial charge >= 0.3 is 0 Å². The molecular weight excluding hydrogens is 422 g/mol. The van der Waals surface area contributed by atoms with Crippen molar-refractivity contribution in [2.24, 2.45) is 10.3 Å². The summed E-state index contributed by atoms with van der Waals surface area (Å²) in [6, 6.07) is 17.3. The first-order valence-electron chi connectivity index (χ1n) is 11.0. The zero-order valence-corrected chi connectivity index (χ0v) is 18.4. The van der Waals surface area contributed by atoms with Crippen molar-refractivity contribution in [1.29, 1.82) is 0 Å². The number of aryl methyl sites for hydroxylation is 2. The second-order valence-electron chi connectivity index (χ2n) is 8.77. The van der Waals surface area contributed by atoms with Crippen LogP contribution in [0.1, 0.15) is 29.5 Å². The highest BCUT2D eigenvalue weighted by atomic mass is 32.2. The van der Waals surface area contributed by atoms with Crippen LogP contribution in [0.25, 0.3) is 10.8 Å². The van der Waals surface area contributed by atoms with Crippen LogP contribution >= 0.6 is 0 Å². The van der Waals surface area contributed by atoms with Crippen molar-refractivity contribution >= 4 is 38.2 Å². The van der Waals surface area contributed by atoms with Gasteiger partial charge in [-0.25, -0.2) is 0 Å². The predicted molar refractivity (Wildman–Crippen MR) is 124 cm³/mol. The maximum absolute atomic E-state index is 13.2. The molecule has 3 aliphatic rings. The van der Waals surface area contributed by atoms with Gasteiger partial charge in [-0.15, -0.1) is 4.40 Å². The Morgan fingerprint density at radius 1 is 1.00 bits per heavy atom. The number of hydrogen-bond donors (Lipinski definition) is 1. The number of piperidine rings is 1. The van der Waals surface area contributed by atoms with E-state index in [4.69, 9.17) is 0 Å². The quantitative estimate of drug-likeness (QED) is 0.652. The number of hydrogen-bond acceptors (Lipinski definition) is 4. The normalized spacial score (nSPS) is 20.8. The van der Waals surface area contributed by atoms with Crippen LogP contribution in [0, 0.1) is 5.92 Å². The van der Waals surface area contributed by atoms with Crippen molar-refractivity contribution in [3.63, 3.8) is 0 Å². The number of anilines is 1. The van der Waals surface area contributed by atoms with Gasteiger partial charge in [-0.1, -0.05) is 36.4 Å². The summed E-state index contributed by atoms with van der Waals surface area (Å²) in [6.07, 6.45) is 3.68. The lowest BCUT2D eigenvalue weighted by Crippen LogP contribution is -2.43. The zero-order chi connectivity index (χ0) is 21.9. The summed E-state index contributed by atoms with van der Waals surface area (Å²) < 4.78 is 28.9. The Kier molecular flexibility index (Phi) is 4.37. The van der Waals surface area contributed by atoms with Crippen LogP contribution in [0.3, 0.4) is 0 Å². The number of amidine groups is 1. The van der Waals surface area contributed by atoms with Crippen LogP contribution < -0.4 is 5.32 Å². The summed E-state index contributed by atoms with van der Waals surface area (Å²) in [5.74, 6) is 0.205. The molecule has 0 aromatic heterocycles. The Balaban J connectivity index is 1.26. The van der Waals surface area contributed by atoms with E-state index >= 15 is 0 Å². The standard InChI is InChI=1S/C25H23N3O3S/c29-25(26-21-13-12-17-11-10-16-5-3-8-19(21)23(16)17)18-6-4-14-28(15-18)24-20-7-1-2-9-22(20)32(30,31)27-24/h1-3,5,7-9,12-13,18H,4,6,10-11,14-15H2,(H,26,29). The molecule has 1 atom stereocenters. The highest BCUT2D eigenvalue weighted by Crippen LogP contribution is 2.36. The summed E-state index contributed by atoms with van der Waals surface area (Å²) in [7, 11) is -3.67. The van der Waals surface area contributed by atoms with Crippen molar-refractivity contribution < 1.29 is 13.2 Å². The molecule has 162 valence electrons. The van der Waals surface area contributed by atoms with Crippen LogP contribution in [0.15, 0.2) is 63.9 Å². The number of rotatable bonds is 2. The zero-order valence-electron chi connectivity index (χ0n) is 17.5. The van der Waals surface area contributed by atoms with E-state index in [1.807, 2.05) is 17.0 Å². The Labute approximate surface area is 187 Å². The number of nitrogens with zero attached hydrogens (tertiary/aromatic N) is 2. The second kappa shape index (κ2) is 7.17. The summed E-state index contributed by atoms with van der Waals surface area (Å²) in [5, 5.41) is 5.53. The molecule has 1 fully saturated rings. The number of carbonyl (C=O) groups is 1. The number of amides is 1. The highest BCUT2D eigenvalue weighted by molar-refractivity contribution is 7.90. The first-order valence-corrected chi connectivity index (χ1v) is 12.5. The van der Waals surface area contributed by atoms with E-state index in [0.717, 1.165) is 36.8 Å². The van der Waals surface area contributed by atoms with E-state index in [9.17, 15) is 13.2 Å². The van der Waals surface area contributed by atoms with E-state index in [1.54, 1.807) is 18.2 Å². The molecule has 3 aromatic carbocycles. The molecule has 32 heavy (non-hydrogen) atoms. The summed E-state index contributed by atoms with van der Waals surface area (Å²) in [5.41, 5.74) is 4.16. The molecule has 0 saturated carbocycles. The molecule has 0 spiro atoms. The van der Waals surface area contributed by atoms with Gasteiger partial charge in [0.1, 0.15) is 4.90 Å². The van der Waals surface area contributed by atoms with E-state index in [-0.39, 0.29) is 16.7 Å². The molecule has 1 N–H and O–H groups in total. The van der Waals surface area contributed by atoms with Gasteiger partial charge < -0.3 is 10.2 Å². The fourth-order valence-corrected chi connectivity index (χ4v) is 6.52. The largest absolute Gasteiger partial charge is 0.355 e. The van der Waals surface area contributed by atoms with E-state index in [1.165, 1.54) is 16.5 Å². The van der Waals surface area contributed by atoms with E-state index < -0.39 is 10.0 Å². The third kappa shape index (κ3) is 3.03. The van der Waals surface area contributed by atoms with Crippen molar-refractivity contribution in [2.75, 3.05) is 18.4 Å². The molecule has 6 rings (SSSR count). The molecule has 7 heteroatoms. The van der Waals surface area contributed by atoms with Crippen LogP contribution in [-0.2, 0) is 27.7 Å². The van der Waals surface area contributed by atoms with Crippen molar-refractivity contribution in [3.05, 3.63) is 71.3 Å². The Morgan fingerprint density at radius 2 is 1.81 bits per heavy atom. The Bertz CT molecular complexity index is 1400. The number of nitrogens with one attached hydrogen (secondary N) is 1. The van der Waals surface area contributed by atoms with Gasteiger partial charge in [-0.2, -0.15) is 8.42 Å². The lowest BCUT2D eigenvalue weighted by molar-refractivity contribution is -0.121. The minimum atomic E-state index is -3.67. The number of carbonyl (C=O) groups excluding carboxylic acids is 1. The Morgan fingerprint density at radius 3 is 2.69 bits per heavy atom. The third-order valence-corrected chi connectivity index (χ3v) is 8.16. The van der Waals surface area contributed by atoms with Crippen LogP contribution in [0.2, 0.25) is 0 Å². The fourth-order valence-electron chi connectivity index (χ4n) is 5.29. The second-order valence-corrected chi connectivity index (χ2v) is 10.3. The van der Waals surface area contributed by atoms with Gasteiger partial charge in [0.25, 0.3) is 10.0 Å². The molecule has 1 saturated heterocycles. The van der Waals surface area contributed by atoms with Crippen molar-refractivity contribution in [3.8, 4) is 0 Å². The summed E-state index contributed by atoms with van der Waals surface area (Å²) >= 11 is 0. The van der Waals surface area contributed by atoms with Crippen LogP contribution in [0.4, 0.5) is 5.69 Å². The predicted octanol–water partition coefficient (Wildman–Crippen LogP) is 3.74. The molecule has 2 aliphatic heterocycles. The van der Waals surface area contributed by atoms with Gasteiger partial charge in [-0.05, 0) is 60.4 Å². The molecule has 6 nitrogen and oxygen atoms in total. The first-order chi connectivity index (χ1) is 15.5. The van der Waals surface area contributed by atoms with Gasteiger partial charge in [0, 0.05) is 29.7 Å². The Hall–Kier alpha value is -3.19. The highest BCUT2D eigenvalue weighted by Gasteiger charge is 2.35. The maximum Gasteiger partial charge on any atom is 0.285 e. The van der Waals surface area contributed by atoms with Gasteiger partial charge in [0.05, 0.1) is 5.92 Å². The minimum Gasteiger partial charge on any atom is -0.355 e. The van der Waals surface area contributed by atoms with E-state index in [0.29, 0.717) is 24.5 Å². The molecule has 1 amide bonds. The molecule has 0 bridgehead atoms.